The van der Waals surface area contributed by atoms with E-state index in [0.717, 1.165) is 57.3 Å². The molecule has 2 aromatic carbocycles. The number of hydrogen-bond donors (Lipinski definition) is 1. The molecular formula is C26H34N4O2. The summed E-state index contributed by atoms with van der Waals surface area (Å²) in [6, 6.07) is 16.7. The van der Waals surface area contributed by atoms with Crippen LogP contribution in [-0.2, 0) is 17.9 Å². The molecule has 0 bridgehead atoms. The lowest BCUT2D eigenvalue weighted by Crippen LogP contribution is -2.40. The number of guanidine groups is 1. The molecule has 1 saturated heterocycles. The molecule has 1 amide bonds. The van der Waals surface area contributed by atoms with Gasteiger partial charge in [-0.25, -0.2) is 0 Å². The van der Waals surface area contributed by atoms with Crippen LogP contribution in [0.15, 0.2) is 53.5 Å². The third kappa shape index (κ3) is 5.23. The number of carbonyl (C=O) groups is 1. The molecule has 1 N–H and O–H groups in total. The molecule has 6 heteroatoms. The van der Waals surface area contributed by atoms with Gasteiger partial charge in [0.2, 0.25) is 5.91 Å². The fourth-order valence-corrected chi connectivity index (χ4v) is 4.61. The van der Waals surface area contributed by atoms with E-state index in [1.807, 2.05) is 29.2 Å². The van der Waals surface area contributed by atoms with Crippen LogP contribution in [0.25, 0.3) is 0 Å². The van der Waals surface area contributed by atoms with Crippen molar-refractivity contribution in [3.63, 3.8) is 0 Å². The molecule has 1 atom stereocenters. The van der Waals surface area contributed by atoms with Gasteiger partial charge in [0.15, 0.2) is 5.96 Å². The van der Waals surface area contributed by atoms with Gasteiger partial charge in [-0.15, -0.1) is 0 Å². The van der Waals surface area contributed by atoms with E-state index in [1.54, 1.807) is 7.11 Å². The lowest BCUT2D eigenvalue weighted by Gasteiger charge is -2.22. The molecule has 1 unspecified atom stereocenters. The van der Waals surface area contributed by atoms with Gasteiger partial charge in [0.1, 0.15) is 5.75 Å². The maximum atomic E-state index is 12.6. The number of amides is 1. The number of benzene rings is 2. The van der Waals surface area contributed by atoms with Gasteiger partial charge < -0.3 is 19.9 Å². The number of fused-ring (bicyclic) bond motifs is 1. The largest absolute Gasteiger partial charge is 0.497 e. The average Bonchev–Trinajstić information content (AvgIpc) is 3.48. The van der Waals surface area contributed by atoms with Gasteiger partial charge in [-0.1, -0.05) is 36.4 Å². The highest BCUT2D eigenvalue weighted by Gasteiger charge is 2.26. The molecule has 0 aromatic heterocycles. The summed E-state index contributed by atoms with van der Waals surface area (Å²) in [4.78, 5) is 21.8. The molecule has 0 spiro atoms. The topological polar surface area (TPSA) is 57.2 Å². The summed E-state index contributed by atoms with van der Waals surface area (Å²) in [6.07, 6.45) is 2.44. The van der Waals surface area contributed by atoms with Crippen LogP contribution in [0.4, 0.5) is 0 Å². The van der Waals surface area contributed by atoms with Crippen LogP contribution in [-0.4, -0.2) is 55.0 Å². The zero-order chi connectivity index (χ0) is 22.3. The Labute approximate surface area is 191 Å². The van der Waals surface area contributed by atoms with Crippen molar-refractivity contribution in [2.75, 3.05) is 33.3 Å². The third-order valence-electron chi connectivity index (χ3n) is 6.41. The highest BCUT2D eigenvalue weighted by atomic mass is 16.5. The number of likely N-dealkylation sites (tertiary alicyclic amines) is 1. The maximum Gasteiger partial charge on any atom is 0.223 e. The molecule has 0 aliphatic carbocycles. The van der Waals surface area contributed by atoms with Crippen LogP contribution in [0.3, 0.4) is 0 Å². The normalized spacial score (nSPS) is 18.1. The lowest BCUT2D eigenvalue weighted by molar-refractivity contribution is -0.131. The van der Waals surface area contributed by atoms with Crippen molar-refractivity contribution in [3.8, 4) is 5.75 Å². The standard InChI is InChI=1S/C26H34N4O2/c1-3-27-26(29-16-14-23(17-29)20-10-12-24(32-2)13-11-20)28-15-6-9-25(31)30-18-21-7-4-5-8-22(21)19-30/h4-5,7-8,10-13,23H,3,6,9,14-19H2,1-2H3,(H,27,28). The average molecular weight is 435 g/mol. The van der Waals surface area contributed by atoms with Crippen LogP contribution in [0.2, 0.25) is 0 Å². The van der Waals surface area contributed by atoms with E-state index in [0.29, 0.717) is 18.9 Å². The first-order chi connectivity index (χ1) is 15.7. The highest BCUT2D eigenvalue weighted by molar-refractivity contribution is 5.80. The summed E-state index contributed by atoms with van der Waals surface area (Å²) in [5.74, 6) is 2.58. The number of methoxy groups -OCH3 is 1. The number of aliphatic imine (C=N–C) groups is 1. The van der Waals surface area contributed by atoms with E-state index in [4.69, 9.17) is 9.73 Å². The first-order valence-corrected chi connectivity index (χ1v) is 11.7. The molecule has 6 nitrogen and oxygen atoms in total. The van der Waals surface area contributed by atoms with Gasteiger partial charge in [0, 0.05) is 51.6 Å². The van der Waals surface area contributed by atoms with Crippen LogP contribution >= 0.6 is 0 Å². The van der Waals surface area contributed by atoms with Gasteiger partial charge in [-0.3, -0.25) is 9.79 Å². The Hall–Kier alpha value is -3.02. The molecule has 4 rings (SSSR count). The predicted molar refractivity (Wildman–Crippen MR) is 128 cm³/mol. The van der Waals surface area contributed by atoms with Crippen LogP contribution < -0.4 is 10.1 Å². The fraction of sp³-hybridized carbons (Fsp3) is 0.462. The summed E-state index contributed by atoms with van der Waals surface area (Å²) in [5, 5.41) is 3.43. The van der Waals surface area contributed by atoms with E-state index in [2.05, 4.69) is 41.4 Å². The van der Waals surface area contributed by atoms with Gasteiger partial charge in [0.05, 0.1) is 7.11 Å². The van der Waals surface area contributed by atoms with E-state index < -0.39 is 0 Å². The molecule has 2 aliphatic rings. The summed E-state index contributed by atoms with van der Waals surface area (Å²) in [7, 11) is 1.70. The third-order valence-corrected chi connectivity index (χ3v) is 6.41. The van der Waals surface area contributed by atoms with E-state index in [-0.39, 0.29) is 5.91 Å². The van der Waals surface area contributed by atoms with Crippen molar-refractivity contribution in [1.29, 1.82) is 0 Å². The maximum absolute atomic E-state index is 12.6. The Balaban J connectivity index is 1.26. The number of rotatable bonds is 7. The van der Waals surface area contributed by atoms with Crippen molar-refractivity contribution in [3.05, 3.63) is 65.2 Å². The molecule has 2 aliphatic heterocycles. The van der Waals surface area contributed by atoms with Crippen molar-refractivity contribution in [1.82, 2.24) is 15.1 Å². The lowest BCUT2D eigenvalue weighted by atomic mass is 9.98. The Kier molecular flexibility index (Phi) is 7.30. The Morgan fingerprint density at radius 2 is 1.81 bits per heavy atom. The smallest absolute Gasteiger partial charge is 0.223 e. The minimum absolute atomic E-state index is 0.224. The number of ether oxygens (including phenoxy) is 1. The fourth-order valence-electron chi connectivity index (χ4n) is 4.61. The van der Waals surface area contributed by atoms with E-state index >= 15 is 0 Å². The molecule has 0 radical (unpaired) electrons. The Bertz CT molecular complexity index is 916. The number of carbonyl (C=O) groups excluding carboxylic acids is 1. The van der Waals surface area contributed by atoms with E-state index in [9.17, 15) is 4.79 Å². The zero-order valence-corrected chi connectivity index (χ0v) is 19.2. The first-order valence-electron chi connectivity index (χ1n) is 11.7. The minimum atomic E-state index is 0.224. The summed E-state index contributed by atoms with van der Waals surface area (Å²) in [5.41, 5.74) is 3.89. The van der Waals surface area contributed by atoms with Crippen molar-refractivity contribution >= 4 is 11.9 Å². The van der Waals surface area contributed by atoms with Crippen molar-refractivity contribution in [2.45, 2.75) is 45.2 Å². The summed E-state index contributed by atoms with van der Waals surface area (Å²) in [6.45, 7) is 7.03. The summed E-state index contributed by atoms with van der Waals surface area (Å²) >= 11 is 0. The number of hydrogen-bond acceptors (Lipinski definition) is 3. The van der Waals surface area contributed by atoms with Crippen molar-refractivity contribution < 1.29 is 9.53 Å². The van der Waals surface area contributed by atoms with Gasteiger partial charge in [-0.2, -0.15) is 0 Å². The van der Waals surface area contributed by atoms with Crippen molar-refractivity contribution in [2.24, 2.45) is 4.99 Å². The van der Waals surface area contributed by atoms with E-state index in [1.165, 1.54) is 16.7 Å². The SMILES string of the molecule is CCNC(=NCCCC(=O)N1Cc2ccccc2C1)N1CCC(c2ccc(OC)cc2)C1. The molecular weight excluding hydrogens is 400 g/mol. The Morgan fingerprint density at radius 3 is 2.47 bits per heavy atom. The molecule has 0 saturated carbocycles. The highest BCUT2D eigenvalue weighted by Crippen LogP contribution is 2.28. The number of nitrogens with one attached hydrogen (secondary N) is 1. The Morgan fingerprint density at radius 1 is 1.09 bits per heavy atom. The van der Waals surface area contributed by atoms with Gasteiger partial charge in [0.25, 0.3) is 0 Å². The first kappa shape index (κ1) is 22.2. The quantitative estimate of drug-likeness (QED) is 0.409. The van der Waals surface area contributed by atoms with Crippen LogP contribution in [0.5, 0.6) is 5.75 Å². The second-order valence-electron chi connectivity index (χ2n) is 8.56. The molecule has 2 aromatic rings. The molecule has 2 heterocycles. The monoisotopic (exact) mass is 434 g/mol. The van der Waals surface area contributed by atoms with Crippen LogP contribution in [0, 0.1) is 0 Å². The van der Waals surface area contributed by atoms with Crippen LogP contribution in [0.1, 0.15) is 48.8 Å². The molecule has 32 heavy (non-hydrogen) atoms. The minimum Gasteiger partial charge on any atom is -0.497 e. The molecule has 1 fully saturated rings. The zero-order valence-electron chi connectivity index (χ0n) is 19.2. The summed E-state index contributed by atoms with van der Waals surface area (Å²) < 4.78 is 5.28. The predicted octanol–water partition coefficient (Wildman–Crippen LogP) is 3.77. The number of nitrogens with zero attached hydrogens (tertiary/aromatic N) is 3. The van der Waals surface area contributed by atoms with Gasteiger partial charge >= 0.3 is 0 Å². The molecule has 170 valence electrons. The van der Waals surface area contributed by atoms with Gasteiger partial charge in [-0.05, 0) is 48.6 Å². The second-order valence-corrected chi connectivity index (χ2v) is 8.56. The second kappa shape index (κ2) is 10.5.